The fourth-order valence-corrected chi connectivity index (χ4v) is 3.34. The molecule has 0 N–H and O–H groups in total. The van der Waals surface area contributed by atoms with E-state index < -0.39 is 23.3 Å². The molecule has 1 fully saturated rings. The van der Waals surface area contributed by atoms with Gasteiger partial charge in [0.1, 0.15) is 17.3 Å². The highest BCUT2D eigenvalue weighted by atomic mass is 19.1. The fourth-order valence-electron chi connectivity index (χ4n) is 3.34. The normalized spacial score (nSPS) is 23.6. The molecule has 1 aromatic heterocycles. The van der Waals surface area contributed by atoms with Crippen LogP contribution in [0.3, 0.4) is 0 Å². The van der Waals surface area contributed by atoms with Gasteiger partial charge in [0.2, 0.25) is 0 Å². The number of hydrogen-bond acceptors (Lipinski definition) is 4. The Labute approximate surface area is 155 Å². The van der Waals surface area contributed by atoms with Crippen molar-refractivity contribution in [3.05, 3.63) is 59.3 Å². The summed E-state index contributed by atoms with van der Waals surface area (Å²) in [5.74, 6) is -1.45. The van der Waals surface area contributed by atoms with E-state index in [0.717, 1.165) is 12.0 Å². The van der Waals surface area contributed by atoms with Gasteiger partial charge in [-0.15, -0.1) is 5.10 Å². The van der Waals surface area contributed by atoms with Crippen LogP contribution in [0.4, 0.5) is 13.6 Å². The Morgan fingerprint density at radius 2 is 1.96 bits per heavy atom. The van der Waals surface area contributed by atoms with Crippen molar-refractivity contribution in [3.8, 4) is 11.3 Å². The molecule has 7 heteroatoms. The number of halogens is 2. The molecule has 27 heavy (non-hydrogen) atoms. The molecule has 0 bridgehead atoms. The van der Waals surface area contributed by atoms with Gasteiger partial charge >= 0.3 is 6.09 Å². The number of ether oxygens (including phenoxy) is 1. The Kier molecular flexibility index (Phi) is 4.17. The van der Waals surface area contributed by atoms with E-state index in [0.29, 0.717) is 18.8 Å². The summed E-state index contributed by atoms with van der Waals surface area (Å²) in [5, 5.41) is 8.24. The van der Waals surface area contributed by atoms with Crippen LogP contribution in [0.1, 0.15) is 37.4 Å². The van der Waals surface area contributed by atoms with Crippen molar-refractivity contribution < 1.29 is 18.3 Å². The predicted molar refractivity (Wildman–Crippen MR) is 95.0 cm³/mol. The number of hydrogen-bond donors (Lipinski definition) is 0. The number of likely N-dealkylation sites (tertiary alicyclic amines) is 1. The largest absolute Gasteiger partial charge is 0.432 e. The first-order valence-electron chi connectivity index (χ1n) is 8.89. The van der Waals surface area contributed by atoms with Crippen molar-refractivity contribution in [2.75, 3.05) is 13.1 Å². The second-order valence-electron chi connectivity index (χ2n) is 7.09. The molecule has 2 atom stereocenters. The number of amides is 1. The molecule has 140 valence electrons. The third-order valence-electron chi connectivity index (χ3n) is 5.12. The van der Waals surface area contributed by atoms with E-state index in [9.17, 15) is 13.6 Å². The predicted octanol–water partition coefficient (Wildman–Crippen LogP) is 4.15. The van der Waals surface area contributed by atoms with E-state index in [1.54, 1.807) is 24.0 Å². The van der Waals surface area contributed by atoms with E-state index in [1.807, 2.05) is 13.0 Å². The van der Waals surface area contributed by atoms with E-state index in [2.05, 4.69) is 10.2 Å². The number of fused-ring (bicyclic) bond motifs is 1. The van der Waals surface area contributed by atoms with Gasteiger partial charge in [0, 0.05) is 19.0 Å². The number of benzene rings is 1. The average molecular weight is 371 g/mol. The maximum Gasteiger partial charge on any atom is 0.411 e. The van der Waals surface area contributed by atoms with Crippen LogP contribution in [0, 0.1) is 11.6 Å². The second-order valence-corrected chi connectivity index (χ2v) is 7.09. The topological polar surface area (TPSA) is 55.3 Å². The summed E-state index contributed by atoms with van der Waals surface area (Å²) in [6, 6.07) is 5.29. The van der Waals surface area contributed by atoms with Crippen molar-refractivity contribution in [2.45, 2.75) is 31.8 Å². The summed E-state index contributed by atoms with van der Waals surface area (Å²) < 4.78 is 34.0. The van der Waals surface area contributed by atoms with Crippen LogP contribution in [0.5, 0.6) is 0 Å². The second kappa shape index (κ2) is 6.40. The average Bonchev–Trinajstić information content (AvgIpc) is 2.57. The minimum atomic E-state index is -1.08. The molecule has 2 heterocycles. The van der Waals surface area contributed by atoms with Gasteiger partial charge in [0.25, 0.3) is 0 Å². The molecule has 4 rings (SSSR count). The van der Waals surface area contributed by atoms with Crippen molar-refractivity contribution >= 4 is 6.09 Å². The van der Waals surface area contributed by atoms with Gasteiger partial charge in [0.05, 0.1) is 11.3 Å². The lowest BCUT2D eigenvalue weighted by Gasteiger charge is -2.36. The van der Waals surface area contributed by atoms with Crippen LogP contribution in [0.15, 0.2) is 36.4 Å². The van der Waals surface area contributed by atoms with E-state index >= 15 is 0 Å². The minimum absolute atomic E-state index is 0.0557. The molecule has 5 nitrogen and oxygen atoms in total. The Morgan fingerprint density at radius 3 is 2.59 bits per heavy atom. The summed E-state index contributed by atoms with van der Waals surface area (Å²) in [4.78, 5) is 13.9. The highest BCUT2D eigenvalue weighted by molar-refractivity contribution is 5.70. The zero-order valence-corrected chi connectivity index (χ0v) is 15.1. The smallest absolute Gasteiger partial charge is 0.411 e. The van der Waals surface area contributed by atoms with Gasteiger partial charge in [-0.25, -0.2) is 13.6 Å². The summed E-state index contributed by atoms with van der Waals surface area (Å²) >= 11 is 0. The zero-order valence-electron chi connectivity index (χ0n) is 15.1. The van der Waals surface area contributed by atoms with Crippen LogP contribution >= 0.6 is 0 Å². The number of nitrogens with zero attached hydrogens (tertiary/aromatic N) is 3. The maximum atomic E-state index is 14.1. The summed E-state index contributed by atoms with van der Waals surface area (Å²) in [5.41, 5.74) is 0.0288. The van der Waals surface area contributed by atoms with Gasteiger partial charge in [-0.05, 0) is 43.2 Å². The van der Waals surface area contributed by atoms with Crippen LogP contribution in [-0.4, -0.2) is 34.3 Å². The van der Waals surface area contributed by atoms with Crippen LogP contribution in [0.25, 0.3) is 11.3 Å². The lowest BCUT2D eigenvalue weighted by molar-refractivity contribution is 0.0121. The monoisotopic (exact) mass is 371 g/mol. The van der Waals surface area contributed by atoms with Gasteiger partial charge in [-0.1, -0.05) is 19.1 Å². The standard InChI is InChI=1S/C20H19F2N3O2/c1-12-7-8-20(2,27-19(26)25-9-4-10-25)18-13(12)11-16(23-24-18)17-14(21)5-3-6-15(17)22/h3,5-8,11-12H,4,9-10H2,1-2H3/t12-,20-/m0/s1. The number of carbonyl (C=O) groups is 1. The van der Waals surface area contributed by atoms with Crippen LogP contribution in [-0.2, 0) is 10.3 Å². The summed E-state index contributed by atoms with van der Waals surface area (Å²) in [6.45, 7) is 5.04. The summed E-state index contributed by atoms with van der Waals surface area (Å²) in [7, 11) is 0. The lowest BCUT2D eigenvalue weighted by atomic mass is 9.84. The zero-order chi connectivity index (χ0) is 19.2. The van der Waals surface area contributed by atoms with E-state index in [1.165, 1.54) is 18.2 Å². The van der Waals surface area contributed by atoms with Gasteiger partial charge in [-0.3, -0.25) is 0 Å². The molecule has 0 spiro atoms. The Hall–Kier alpha value is -2.83. The minimum Gasteiger partial charge on any atom is -0.432 e. The van der Waals surface area contributed by atoms with Crippen LogP contribution < -0.4 is 0 Å². The quantitative estimate of drug-likeness (QED) is 0.744. The lowest BCUT2D eigenvalue weighted by Crippen LogP contribution is -2.45. The molecular weight excluding hydrogens is 352 g/mol. The first-order chi connectivity index (χ1) is 12.9. The van der Waals surface area contributed by atoms with Crippen molar-refractivity contribution in [2.24, 2.45) is 0 Å². The molecule has 2 aliphatic rings. The fraction of sp³-hybridized carbons (Fsp3) is 0.350. The van der Waals surface area contributed by atoms with Gasteiger partial charge < -0.3 is 9.64 Å². The molecular formula is C20H19F2N3O2. The SMILES string of the molecule is C[C@H]1C=C[C@](C)(OC(=O)N2CCC2)c2nnc(-c3c(F)cccc3F)cc21. The number of allylic oxidation sites excluding steroid dienone is 1. The molecule has 1 aliphatic carbocycles. The number of aromatic nitrogens is 2. The molecule has 0 unspecified atom stereocenters. The number of rotatable bonds is 2. The highest BCUT2D eigenvalue weighted by Crippen LogP contribution is 2.39. The van der Waals surface area contributed by atoms with E-state index in [4.69, 9.17) is 4.74 Å². The van der Waals surface area contributed by atoms with Crippen LogP contribution in [0.2, 0.25) is 0 Å². The van der Waals surface area contributed by atoms with Gasteiger partial charge in [-0.2, -0.15) is 5.10 Å². The molecule has 0 saturated carbocycles. The Balaban J connectivity index is 1.74. The Morgan fingerprint density at radius 1 is 1.26 bits per heavy atom. The first-order valence-corrected chi connectivity index (χ1v) is 8.89. The maximum absolute atomic E-state index is 14.1. The van der Waals surface area contributed by atoms with Gasteiger partial charge in [0.15, 0.2) is 5.60 Å². The molecule has 1 amide bonds. The summed E-state index contributed by atoms with van der Waals surface area (Å²) in [6.07, 6.45) is 4.25. The molecule has 1 saturated heterocycles. The van der Waals surface area contributed by atoms with Crippen molar-refractivity contribution in [3.63, 3.8) is 0 Å². The molecule has 0 radical (unpaired) electrons. The third kappa shape index (κ3) is 2.97. The van der Waals surface area contributed by atoms with E-state index in [-0.39, 0.29) is 17.2 Å². The Bertz CT molecular complexity index is 923. The first kappa shape index (κ1) is 17.6. The molecule has 2 aromatic rings. The van der Waals surface area contributed by atoms with Crippen molar-refractivity contribution in [1.29, 1.82) is 0 Å². The molecule has 1 aliphatic heterocycles. The third-order valence-corrected chi connectivity index (χ3v) is 5.12. The van der Waals surface area contributed by atoms with Crippen molar-refractivity contribution in [1.82, 2.24) is 15.1 Å². The highest BCUT2D eigenvalue weighted by Gasteiger charge is 2.39. The molecule has 1 aromatic carbocycles. The number of carbonyl (C=O) groups excluding carboxylic acids is 1.